The van der Waals surface area contributed by atoms with Crippen LogP contribution in [0.4, 0.5) is 17.6 Å². The Kier molecular flexibility index (Phi) is 1.73. The van der Waals surface area contributed by atoms with Gasteiger partial charge in [0.05, 0.1) is 0 Å². The molecular formula is C5H6F4O2S. The van der Waals surface area contributed by atoms with Gasteiger partial charge in [-0.2, -0.15) is 17.6 Å². The van der Waals surface area contributed by atoms with Gasteiger partial charge >= 0.3 is 10.5 Å². The highest BCUT2D eigenvalue weighted by atomic mass is 32.2. The van der Waals surface area contributed by atoms with Crippen molar-refractivity contribution in [1.29, 1.82) is 0 Å². The van der Waals surface area contributed by atoms with Crippen LogP contribution in [0.1, 0.15) is 13.3 Å². The molecule has 0 aromatic carbocycles. The lowest BCUT2D eigenvalue weighted by molar-refractivity contribution is 0.0326. The number of halogens is 4. The lowest BCUT2D eigenvalue weighted by Crippen LogP contribution is -2.34. The summed E-state index contributed by atoms with van der Waals surface area (Å²) >= 11 is 0. The van der Waals surface area contributed by atoms with Crippen LogP contribution in [0.2, 0.25) is 0 Å². The quantitative estimate of drug-likeness (QED) is 0.564. The minimum Gasteiger partial charge on any atom is -0.216 e. The molecule has 1 heterocycles. The third kappa shape index (κ3) is 0.884. The molecule has 1 saturated heterocycles. The van der Waals surface area contributed by atoms with Crippen LogP contribution in [-0.2, 0) is 9.84 Å². The Morgan fingerprint density at radius 1 is 1.25 bits per heavy atom. The Balaban J connectivity index is 3.30. The van der Waals surface area contributed by atoms with Crippen molar-refractivity contribution < 1.29 is 26.0 Å². The first-order valence-corrected chi connectivity index (χ1v) is 4.61. The smallest absolute Gasteiger partial charge is 0.216 e. The minimum atomic E-state index is -5.62. The molecule has 0 bridgehead atoms. The van der Waals surface area contributed by atoms with E-state index in [1.807, 2.05) is 0 Å². The highest BCUT2D eigenvalue weighted by molar-refractivity contribution is 7.93. The van der Waals surface area contributed by atoms with E-state index in [1.165, 1.54) is 0 Å². The molecule has 0 N–H and O–H groups in total. The largest absolute Gasteiger partial charge is 0.354 e. The van der Waals surface area contributed by atoms with Gasteiger partial charge in [0.25, 0.3) is 9.84 Å². The van der Waals surface area contributed by atoms with E-state index in [4.69, 9.17) is 0 Å². The molecule has 1 atom stereocenters. The van der Waals surface area contributed by atoms with Gasteiger partial charge in [-0.25, -0.2) is 8.42 Å². The van der Waals surface area contributed by atoms with Crippen LogP contribution in [0.5, 0.6) is 0 Å². The van der Waals surface area contributed by atoms with E-state index in [0.29, 0.717) is 0 Å². The molecule has 2 nitrogen and oxygen atoms in total. The summed E-state index contributed by atoms with van der Waals surface area (Å²) in [4.78, 5) is 0. The van der Waals surface area contributed by atoms with Crippen molar-refractivity contribution in [2.75, 3.05) is 0 Å². The molecule has 0 aromatic heterocycles. The van der Waals surface area contributed by atoms with E-state index in [9.17, 15) is 26.0 Å². The number of rotatable bonds is 0. The Labute approximate surface area is 66.5 Å². The van der Waals surface area contributed by atoms with E-state index in [0.717, 1.165) is 6.92 Å². The van der Waals surface area contributed by atoms with Gasteiger partial charge in [-0.1, -0.05) is 6.92 Å². The van der Waals surface area contributed by atoms with Crippen molar-refractivity contribution in [2.45, 2.75) is 23.9 Å². The van der Waals surface area contributed by atoms with Crippen molar-refractivity contribution in [3.63, 3.8) is 0 Å². The molecular weight excluding hydrogens is 200 g/mol. The third-order valence-corrected chi connectivity index (χ3v) is 3.94. The Hall–Kier alpha value is -0.330. The van der Waals surface area contributed by atoms with Crippen LogP contribution in [0.3, 0.4) is 0 Å². The average Bonchev–Trinajstić information content (AvgIpc) is 1.92. The maximum absolute atomic E-state index is 12.5. The summed E-state index contributed by atoms with van der Waals surface area (Å²) < 4.78 is 70.8. The lowest BCUT2D eigenvalue weighted by Gasteiger charge is -2.12. The molecule has 0 aliphatic carbocycles. The molecule has 1 aliphatic heterocycles. The topological polar surface area (TPSA) is 34.1 Å². The van der Waals surface area contributed by atoms with E-state index < -0.39 is 32.7 Å². The molecule has 7 heteroatoms. The third-order valence-electron chi connectivity index (χ3n) is 1.87. The fourth-order valence-electron chi connectivity index (χ4n) is 1.05. The first kappa shape index (κ1) is 9.76. The monoisotopic (exact) mass is 206 g/mol. The van der Waals surface area contributed by atoms with Gasteiger partial charge in [-0.3, -0.25) is 0 Å². The van der Waals surface area contributed by atoms with Gasteiger partial charge in [0.2, 0.25) is 0 Å². The van der Waals surface area contributed by atoms with Gasteiger partial charge in [0, 0.05) is 12.3 Å². The fraction of sp³-hybridized carbons (Fsp3) is 1.00. The van der Waals surface area contributed by atoms with Crippen LogP contribution in [0, 0.1) is 5.92 Å². The van der Waals surface area contributed by atoms with Gasteiger partial charge in [0.15, 0.2) is 0 Å². The maximum atomic E-state index is 12.5. The normalized spacial score (nSPS) is 36.6. The zero-order valence-electron chi connectivity index (χ0n) is 6.02. The zero-order chi connectivity index (χ0) is 9.78. The molecule has 0 aromatic rings. The molecule has 1 fully saturated rings. The second-order valence-electron chi connectivity index (χ2n) is 2.81. The lowest BCUT2D eigenvalue weighted by atomic mass is 10.1. The first-order valence-electron chi connectivity index (χ1n) is 3.13. The molecule has 1 rings (SSSR count). The van der Waals surface area contributed by atoms with E-state index >= 15 is 0 Å². The maximum Gasteiger partial charge on any atom is 0.354 e. The van der Waals surface area contributed by atoms with Crippen molar-refractivity contribution in [1.82, 2.24) is 0 Å². The van der Waals surface area contributed by atoms with Crippen LogP contribution in [0.15, 0.2) is 0 Å². The Bertz CT molecular complexity index is 295. The summed E-state index contributed by atoms with van der Waals surface area (Å²) in [5.74, 6) is -1.82. The molecule has 0 spiro atoms. The molecule has 72 valence electrons. The standard InChI is InChI=1S/C5H6F4O2S/c1-3-2-4(6,7)12(10,11)5(3,8)9/h3H,2H2,1H3. The van der Waals surface area contributed by atoms with Crippen molar-refractivity contribution >= 4 is 9.84 Å². The van der Waals surface area contributed by atoms with E-state index in [2.05, 4.69) is 0 Å². The zero-order valence-corrected chi connectivity index (χ0v) is 6.84. The van der Waals surface area contributed by atoms with Gasteiger partial charge in [0.1, 0.15) is 0 Å². The number of hydrogen-bond acceptors (Lipinski definition) is 2. The summed E-state index contributed by atoms with van der Waals surface area (Å²) in [6, 6.07) is 0. The summed E-state index contributed by atoms with van der Waals surface area (Å²) in [6.45, 7) is 0.790. The van der Waals surface area contributed by atoms with Crippen molar-refractivity contribution in [3.05, 3.63) is 0 Å². The number of sulfone groups is 1. The second-order valence-corrected chi connectivity index (χ2v) is 4.96. The number of hydrogen-bond donors (Lipinski definition) is 0. The van der Waals surface area contributed by atoms with Crippen LogP contribution in [-0.4, -0.2) is 18.9 Å². The summed E-state index contributed by atoms with van der Waals surface area (Å²) in [6.07, 6.45) is -1.30. The van der Waals surface area contributed by atoms with Crippen LogP contribution in [0.25, 0.3) is 0 Å². The van der Waals surface area contributed by atoms with E-state index in [1.54, 1.807) is 0 Å². The van der Waals surface area contributed by atoms with E-state index in [-0.39, 0.29) is 0 Å². The SMILES string of the molecule is CC1CC(F)(F)S(=O)(=O)C1(F)F. The highest BCUT2D eigenvalue weighted by Crippen LogP contribution is 2.51. The minimum absolute atomic E-state index is 0.790. The molecule has 1 aliphatic rings. The molecule has 12 heavy (non-hydrogen) atoms. The predicted octanol–water partition coefficient (Wildman–Crippen LogP) is 1.63. The van der Waals surface area contributed by atoms with Crippen molar-refractivity contribution in [2.24, 2.45) is 5.92 Å². The molecule has 1 unspecified atom stereocenters. The van der Waals surface area contributed by atoms with Gasteiger partial charge in [-0.05, 0) is 0 Å². The highest BCUT2D eigenvalue weighted by Gasteiger charge is 2.70. The first-order chi connectivity index (χ1) is 5.13. The van der Waals surface area contributed by atoms with Crippen LogP contribution >= 0.6 is 0 Å². The van der Waals surface area contributed by atoms with Gasteiger partial charge in [-0.15, -0.1) is 0 Å². The average molecular weight is 206 g/mol. The Morgan fingerprint density at radius 2 is 1.67 bits per heavy atom. The molecule has 0 radical (unpaired) electrons. The predicted molar refractivity (Wildman–Crippen MR) is 32.6 cm³/mol. The summed E-state index contributed by atoms with van der Waals surface area (Å²) in [5, 5.41) is -8.58. The molecule has 0 saturated carbocycles. The molecule has 0 amide bonds. The number of alkyl halides is 4. The summed E-state index contributed by atoms with van der Waals surface area (Å²) in [5.41, 5.74) is 0. The second kappa shape index (κ2) is 2.12. The van der Waals surface area contributed by atoms with Crippen LogP contribution < -0.4 is 0 Å². The Morgan fingerprint density at radius 3 is 1.75 bits per heavy atom. The fourth-order valence-corrected chi connectivity index (χ4v) is 2.53. The van der Waals surface area contributed by atoms with Gasteiger partial charge < -0.3 is 0 Å². The summed E-state index contributed by atoms with van der Waals surface area (Å²) in [7, 11) is -5.62. The van der Waals surface area contributed by atoms with Crippen molar-refractivity contribution in [3.8, 4) is 0 Å².